The molecule has 0 unspecified atom stereocenters. The van der Waals surface area contributed by atoms with Gasteiger partial charge in [-0.2, -0.15) is 0 Å². The van der Waals surface area contributed by atoms with E-state index in [0.29, 0.717) is 5.71 Å². The third kappa shape index (κ3) is 2.50. The lowest BCUT2D eigenvalue weighted by molar-refractivity contribution is -0.153. The summed E-state index contributed by atoms with van der Waals surface area (Å²) in [6.45, 7) is 0.247. The van der Waals surface area contributed by atoms with Gasteiger partial charge in [0, 0.05) is 0 Å². The van der Waals surface area contributed by atoms with E-state index in [1.807, 2.05) is 30.3 Å². The Kier molecular flexibility index (Phi) is 3.94. The van der Waals surface area contributed by atoms with Gasteiger partial charge in [-0.25, -0.2) is 0 Å². The Bertz CT molecular complexity index is 509. The highest BCUT2D eigenvalue weighted by Crippen LogP contribution is 2.27. The highest BCUT2D eigenvalue weighted by Gasteiger charge is 2.43. The molecule has 5 heteroatoms. The zero-order valence-electron chi connectivity index (χ0n) is 10.8. The van der Waals surface area contributed by atoms with E-state index in [9.17, 15) is 9.59 Å². The van der Waals surface area contributed by atoms with Gasteiger partial charge in [0.2, 0.25) is 0 Å². The van der Waals surface area contributed by atoms with Crippen LogP contribution in [0.5, 0.6) is 0 Å². The van der Waals surface area contributed by atoms with Gasteiger partial charge in [-0.3, -0.25) is 14.6 Å². The fourth-order valence-electron chi connectivity index (χ4n) is 2.24. The Morgan fingerprint density at radius 1 is 1.11 bits per heavy atom. The molecule has 19 heavy (non-hydrogen) atoms. The van der Waals surface area contributed by atoms with E-state index in [4.69, 9.17) is 9.47 Å². The van der Waals surface area contributed by atoms with Crippen molar-refractivity contribution >= 4 is 17.7 Å². The van der Waals surface area contributed by atoms with Crippen LogP contribution in [0.25, 0.3) is 0 Å². The van der Waals surface area contributed by atoms with E-state index < -0.39 is 23.8 Å². The van der Waals surface area contributed by atoms with Gasteiger partial charge in [0.15, 0.2) is 0 Å². The fourth-order valence-corrected chi connectivity index (χ4v) is 2.24. The number of nitrogens with zero attached hydrogens (tertiary/aromatic N) is 1. The van der Waals surface area contributed by atoms with Gasteiger partial charge in [-0.05, 0) is 5.56 Å². The number of ether oxygens (including phenoxy) is 2. The normalized spacial score (nSPS) is 21.7. The SMILES string of the molecule is COC(=O)[C@H]1C(c2ccccc2)=NC[C@@H]1C(=O)OC. The number of rotatable bonds is 3. The lowest BCUT2D eigenvalue weighted by Crippen LogP contribution is -2.34. The van der Waals surface area contributed by atoms with Crippen molar-refractivity contribution in [1.29, 1.82) is 0 Å². The van der Waals surface area contributed by atoms with Crippen molar-refractivity contribution in [3.05, 3.63) is 35.9 Å². The molecule has 1 aliphatic rings. The standard InChI is InChI=1S/C14H15NO4/c1-18-13(16)10-8-15-12(11(10)14(17)19-2)9-6-4-3-5-7-9/h3-7,10-11H,8H2,1-2H3/t10-,11+/m0/s1. The number of carbonyl (C=O) groups is 2. The molecule has 0 spiro atoms. The number of aliphatic imine (C=N–C) groups is 1. The van der Waals surface area contributed by atoms with E-state index >= 15 is 0 Å². The topological polar surface area (TPSA) is 65.0 Å². The number of hydrogen-bond donors (Lipinski definition) is 0. The Morgan fingerprint density at radius 2 is 1.74 bits per heavy atom. The Balaban J connectivity index is 2.34. The number of esters is 2. The molecule has 1 aliphatic heterocycles. The second-order valence-electron chi connectivity index (χ2n) is 4.22. The molecule has 5 nitrogen and oxygen atoms in total. The van der Waals surface area contributed by atoms with Crippen LogP contribution in [-0.4, -0.2) is 38.4 Å². The van der Waals surface area contributed by atoms with Gasteiger partial charge < -0.3 is 9.47 Å². The molecular formula is C14H15NO4. The number of hydrogen-bond acceptors (Lipinski definition) is 5. The van der Waals surface area contributed by atoms with Gasteiger partial charge in [-0.15, -0.1) is 0 Å². The van der Waals surface area contributed by atoms with Crippen molar-refractivity contribution in [2.75, 3.05) is 20.8 Å². The van der Waals surface area contributed by atoms with Crippen LogP contribution in [0.1, 0.15) is 5.56 Å². The molecule has 1 heterocycles. The van der Waals surface area contributed by atoms with Crippen LogP contribution >= 0.6 is 0 Å². The lowest BCUT2D eigenvalue weighted by atomic mass is 9.88. The van der Waals surface area contributed by atoms with E-state index in [1.165, 1.54) is 14.2 Å². The van der Waals surface area contributed by atoms with Crippen LogP contribution in [0.2, 0.25) is 0 Å². The van der Waals surface area contributed by atoms with Crippen LogP contribution in [-0.2, 0) is 19.1 Å². The third-order valence-corrected chi connectivity index (χ3v) is 3.18. The molecule has 0 radical (unpaired) electrons. The van der Waals surface area contributed by atoms with Crippen LogP contribution in [0.3, 0.4) is 0 Å². The van der Waals surface area contributed by atoms with Crippen molar-refractivity contribution in [2.24, 2.45) is 16.8 Å². The first-order valence-electron chi connectivity index (χ1n) is 5.94. The summed E-state index contributed by atoms with van der Waals surface area (Å²) in [5.41, 5.74) is 1.41. The van der Waals surface area contributed by atoms with Gasteiger partial charge in [0.05, 0.1) is 32.4 Å². The average Bonchev–Trinajstić information content (AvgIpc) is 2.91. The minimum Gasteiger partial charge on any atom is -0.469 e. The van der Waals surface area contributed by atoms with Crippen LogP contribution < -0.4 is 0 Å². The van der Waals surface area contributed by atoms with Gasteiger partial charge >= 0.3 is 11.9 Å². The van der Waals surface area contributed by atoms with E-state index in [1.54, 1.807) is 0 Å². The smallest absolute Gasteiger partial charge is 0.315 e. The highest BCUT2D eigenvalue weighted by atomic mass is 16.5. The maximum atomic E-state index is 11.9. The monoisotopic (exact) mass is 261 g/mol. The maximum absolute atomic E-state index is 11.9. The fraction of sp³-hybridized carbons (Fsp3) is 0.357. The summed E-state index contributed by atoms with van der Waals surface area (Å²) >= 11 is 0. The Morgan fingerprint density at radius 3 is 2.32 bits per heavy atom. The van der Waals surface area contributed by atoms with Crippen molar-refractivity contribution < 1.29 is 19.1 Å². The van der Waals surface area contributed by atoms with Crippen LogP contribution in [0, 0.1) is 11.8 Å². The van der Waals surface area contributed by atoms with E-state index in [0.717, 1.165) is 5.56 Å². The van der Waals surface area contributed by atoms with Crippen molar-refractivity contribution in [1.82, 2.24) is 0 Å². The number of benzene rings is 1. The first-order chi connectivity index (χ1) is 9.19. The molecule has 0 fully saturated rings. The predicted octanol–water partition coefficient (Wildman–Crippen LogP) is 1.07. The molecule has 2 atom stereocenters. The van der Waals surface area contributed by atoms with Crippen LogP contribution in [0.15, 0.2) is 35.3 Å². The van der Waals surface area contributed by atoms with Crippen molar-refractivity contribution in [2.45, 2.75) is 0 Å². The molecule has 0 saturated heterocycles. The zero-order chi connectivity index (χ0) is 13.8. The lowest BCUT2D eigenvalue weighted by Gasteiger charge is -2.17. The number of methoxy groups -OCH3 is 2. The summed E-state index contributed by atoms with van der Waals surface area (Å²) in [6.07, 6.45) is 0. The van der Waals surface area contributed by atoms with Crippen molar-refractivity contribution in [3.63, 3.8) is 0 Å². The summed E-state index contributed by atoms with van der Waals surface area (Å²) in [4.78, 5) is 28.0. The van der Waals surface area contributed by atoms with Gasteiger partial charge in [0.1, 0.15) is 5.92 Å². The maximum Gasteiger partial charge on any atom is 0.315 e. The minimum atomic E-state index is -0.695. The molecule has 100 valence electrons. The average molecular weight is 261 g/mol. The highest BCUT2D eigenvalue weighted by molar-refractivity contribution is 6.15. The van der Waals surface area contributed by atoms with Crippen molar-refractivity contribution in [3.8, 4) is 0 Å². The van der Waals surface area contributed by atoms with E-state index in [-0.39, 0.29) is 6.54 Å². The molecule has 1 aromatic carbocycles. The van der Waals surface area contributed by atoms with E-state index in [2.05, 4.69) is 4.99 Å². The van der Waals surface area contributed by atoms with Gasteiger partial charge in [-0.1, -0.05) is 30.3 Å². The first-order valence-corrected chi connectivity index (χ1v) is 5.94. The predicted molar refractivity (Wildman–Crippen MR) is 68.9 cm³/mol. The Hall–Kier alpha value is -2.17. The molecule has 0 bridgehead atoms. The number of carbonyl (C=O) groups excluding carboxylic acids is 2. The zero-order valence-corrected chi connectivity index (χ0v) is 10.8. The molecule has 0 aliphatic carbocycles. The second kappa shape index (κ2) is 5.65. The molecule has 0 N–H and O–H groups in total. The summed E-state index contributed by atoms with van der Waals surface area (Å²) < 4.78 is 9.51. The summed E-state index contributed by atoms with van der Waals surface area (Å²) in [6, 6.07) is 9.31. The molecule has 1 aromatic rings. The minimum absolute atomic E-state index is 0.247. The quantitative estimate of drug-likeness (QED) is 0.763. The summed E-state index contributed by atoms with van der Waals surface area (Å²) in [5, 5.41) is 0. The van der Waals surface area contributed by atoms with Gasteiger partial charge in [0.25, 0.3) is 0 Å². The molecule has 2 rings (SSSR count). The molecule has 0 amide bonds. The largest absolute Gasteiger partial charge is 0.469 e. The molecular weight excluding hydrogens is 246 g/mol. The Labute approximate surface area is 111 Å². The first kappa shape index (κ1) is 13.3. The van der Waals surface area contributed by atoms with Crippen LogP contribution in [0.4, 0.5) is 0 Å². The third-order valence-electron chi connectivity index (χ3n) is 3.18. The molecule has 0 saturated carbocycles. The molecule has 0 aromatic heterocycles. The summed E-state index contributed by atoms with van der Waals surface area (Å²) in [7, 11) is 2.61. The second-order valence-corrected chi connectivity index (χ2v) is 4.22. The summed E-state index contributed by atoms with van der Waals surface area (Å²) in [5.74, 6) is -2.20.